The summed E-state index contributed by atoms with van der Waals surface area (Å²) in [6.45, 7) is 11.7. The van der Waals surface area contributed by atoms with Crippen LogP contribution in [0.1, 0.15) is 46.3 Å². The summed E-state index contributed by atoms with van der Waals surface area (Å²) in [6.07, 6.45) is -0.439. The molecule has 1 aromatic rings. The number of nitrogens with zero attached hydrogens (tertiary/aromatic N) is 1. The van der Waals surface area contributed by atoms with Gasteiger partial charge in [-0.1, -0.05) is 35.8 Å². The molecule has 0 aliphatic heterocycles. The van der Waals surface area contributed by atoms with Crippen LogP contribution >= 0.6 is 15.9 Å². The minimum absolute atomic E-state index is 0.439. The van der Waals surface area contributed by atoms with Crippen LogP contribution in [0.15, 0.2) is 22.7 Å². The number of rotatable bonds is 5. The standard InChI is InChI=1S/C15H24BrNO/c1-10(2)9-17(11(3)4)13-6-7-14(12(5)18)15(16)8-13/h6-8,10-12,18H,9H2,1-5H3/t12-/m0/s1. The van der Waals surface area contributed by atoms with Gasteiger partial charge in [0.1, 0.15) is 0 Å². The molecule has 0 saturated carbocycles. The second-order valence-corrected chi connectivity index (χ2v) is 6.38. The van der Waals surface area contributed by atoms with Gasteiger partial charge < -0.3 is 10.0 Å². The maximum absolute atomic E-state index is 9.65. The van der Waals surface area contributed by atoms with E-state index >= 15 is 0 Å². The third-order valence-corrected chi connectivity index (χ3v) is 3.64. The van der Waals surface area contributed by atoms with Crippen molar-refractivity contribution in [2.45, 2.75) is 46.8 Å². The molecule has 0 aliphatic rings. The van der Waals surface area contributed by atoms with Crippen LogP contribution in [0, 0.1) is 5.92 Å². The van der Waals surface area contributed by atoms with Crippen molar-refractivity contribution in [3.63, 3.8) is 0 Å². The van der Waals surface area contributed by atoms with Crippen molar-refractivity contribution in [1.82, 2.24) is 0 Å². The molecule has 1 aromatic carbocycles. The van der Waals surface area contributed by atoms with Gasteiger partial charge in [-0.3, -0.25) is 0 Å². The summed E-state index contributed by atoms with van der Waals surface area (Å²) >= 11 is 3.54. The molecule has 102 valence electrons. The van der Waals surface area contributed by atoms with Crippen molar-refractivity contribution in [2.75, 3.05) is 11.4 Å². The lowest BCUT2D eigenvalue weighted by Gasteiger charge is -2.31. The van der Waals surface area contributed by atoms with Gasteiger partial charge in [-0.25, -0.2) is 0 Å². The lowest BCUT2D eigenvalue weighted by atomic mass is 10.1. The van der Waals surface area contributed by atoms with E-state index in [0.717, 1.165) is 16.6 Å². The van der Waals surface area contributed by atoms with Gasteiger partial charge in [-0.05, 0) is 44.4 Å². The van der Waals surface area contributed by atoms with Gasteiger partial charge in [0.15, 0.2) is 0 Å². The number of anilines is 1. The summed E-state index contributed by atoms with van der Waals surface area (Å²) in [7, 11) is 0. The van der Waals surface area contributed by atoms with Crippen molar-refractivity contribution < 1.29 is 5.11 Å². The minimum atomic E-state index is -0.439. The third kappa shape index (κ3) is 3.99. The first-order chi connectivity index (χ1) is 8.32. The van der Waals surface area contributed by atoms with Crippen LogP contribution in [0.3, 0.4) is 0 Å². The largest absolute Gasteiger partial charge is 0.389 e. The van der Waals surface area contributed by atoms with Gasteiger partial charge in [0.05, 0.1) is 6.10 Å². The van der Waals surface area contributed by atoms with Crippen LogP contribution in [-0.2, 0) is 0 Å². The van der Waals surface area contributed by atoms with Crippen LogP contribution in [0.5, 0.6) is 0 Å². The highest BCUT2D eigenvalue weighted by atomic mass is 79.9. The first kappa shape index (κ1) is 15.5. The Morgan fingerprint density at radius 1 is 1.17 bits per heavy atom. The average Bonchev–Trinajstić information content (AvgIpc) is 2.24. The van der Waals surface area contributed by atoms with E-state index in [0.29, 0.717) is 12.0 Å². The molecule has 1 atom stereocenters. The van der Waals surface area contributed by atoms with Gasteiger partial charge in [0, 0.05) is 22.7 Å². The molecule has 0 spiro atoms. The summed E-state index contributed by atoms with van der Waals surface area (Å²) in [6, 6.07) is 6.66. The molecule has 0 aliphatic carbocycles. The Morgan fingerprint density at radius 2 is 1.78 bits per heavy atom. The zero-order chi connectivity index (χ0) is 13.9. The quantitative estimate of drug-likeness (QED) is 0.872. The van der Waals surface area contributed by atoms with Crippen molar-refractivity contribution in [2.24, 2.45) is 5.92 Å². The maximum Gasteiger partial charge on any atom is 0.0772 e. The van der Waals surface area contributed by atoms with E-state index in [2.05, 4.69) is 60.7 Å². The number of hydrogen-bond acceptors (Lipinski definition) is 2. The molecule has 0 aromatic heterocycles. The second kappa shape index (κ2) is 6.58. The van der Waals surface area contributed by atoms with Crippen LogP contribution < -0.4 is 4.90 Å². The Balaban J connectivity index is 3.03. The fourth-order valence-electron chi connectivity index (χ4n) is 2.04. The zero-order valence-electron chi connectivity index (χ0n) is 11.9. The predicted molar refractivity (Wildman–Crippen MR) is 82.1 cm³/mol. The smallest absolute Gasteiger partial charge is 0.0772 e. The first-order valence-corrected chi connectivity index (χ1v) is 7.36. The van der Waals surface area contributed by atoms with Crippen LogP contribution in [0.25, 0.3) is 0 Å². The molecule has 0 unspecified atom stereocenters. The fraction of sp³-hybridized carbons (Fsp3) is 0.600. The minimum Gasteiger partial charge on any atom is -0.389 e. The first-order valence-electron chi connectivity index (χ1n) is 6.57. The Bertz CT molecular complexity index is 388. The van der Waals surface area contributed by atoms with E-state index in [4.69, 9.17) is 0 Å². The van der Waals surface area contributed by atoms with Crippen LogP contribution in [0.2, 0.25) is 0 Å². The second-order valence-electron chi connectivity index (χ2n) is 5.52. The highest BCUT2D eigenvalue weighted by molar-refractivity contribution is 9.10. The number of halogens is 1. The molecule has 0 saturated heterocycles. The molecule has 3 heteroatoms. The fourth-order valence-corrected chi connectivity index (χ4v) is 2.74. The zero-order valence-corrected chi connectivity index (χ0v) is 13.5. The molecule has 0 heterocycles. The van der Waals surface area contributed by atoms with E-state index < -0.39 is 6.10 Å². The number of hydrogen-bond donors (Lipinski definition) is 1. The van der Waals surface area contributed by atoms with E-state index in [1.165, 1.54) is 5.69 Å². The molecule has 1 N–H and O–H groups in total. The molecule has 0 bridgehead atoms. The van der Waals surface area contributed by atoms with Gasteiger partial charge in [-0.2, -0.15) is 0 Å². The normalized spacial score (nSPS) is 13.2. The monoisotopic (exact) mass is 313 g/mol. The van der Waals surface area contributed by atoms with E-state index in [9.17, 15) is 5.11 Å². The molecular weight excluding hydrogens is 290 g/mol. The van der Waals surface area contributed by atoms with Crippen molar-refractivity contribution >= 4 is 21.6 Å². The Morgan fingerprint density at radius 3 is 2.17 bits per heavy atom. The maximum atomic E-state index is 9.65. The summed E-state index contributed by atoms with van der Waals surface area (Å²) in [5.74, 6) is 0.627. The Kier molecular flexibility index (Phi) is 5.67. The molecule has 2 nitrogen and oxygen atoms in total. The van der Waals surface area contributed by atoms with E-state index in [1.807, 2.05) is 6.07 Å². The lowest BCUT2D eigenvalue weighted by molar-refractivity contribution is 0.198. The number of benzene rings is 1. The van der Waals surface area contributed by atoms with E-state index in [-0.39, 0.29) is 0 Å². The molecule has 18 heavy (non-hydrogen) atoms. The topological polar surface area (TPSA) is 23.5 Å². The summed E-state index contributed by atoms with van der Waals surface area (Å²) in [5, 5.41) is 9.65. The summed E-state index contributed by atoms with van der Waals surface area (Å²) < 4.78 is 0.976. The lowest BCUT2D eigenvalue weighted by Crippen LogP contribution is -2.34. The highest BCUT2D eigenvalue weighted by Gasteiger charge is 2.14. The SMILES string of the molecule is CC(C)CN(c1ccc([C@H](C)O)c(Br)c1)C(C)C. The van der Waals surface area contributed by atoms with Crippen LogP contribution in [-0.4, -0.2) is 17.7 Å². The van der Waals surface area contributed by atoms with Gasteiger partial charge in [0.2, 0.25) is 0 Å². The Hall–Kier alpha value is -0.540. The molecule has 0 radical (unpaired) electrons. The van der Waals surface area contributed by atoms with Crippen LogP contribution in [0.4, 0.5) is 5.69 Å². The summed E-state index contributed by atoms with van der Waals surface area (Å²) in [4.78, 5) is 2.39. The van der Waals surface area contributed by atoms with Gasteiger partial charge in [0.25, 0.3) is 0 Å². The van der Waals surface area contributed by atoms with Crippen molar-refractivity contribution in [3.8, 4) is 0 Å². The number of aliphatic hydroxyl groups excluding tert-OH is 1. The average molecular weight is 314 g/mol. The molecular formula is C15H24BrNO. The van der Waals surface area contributed by atoms with E-state index in [1.54, 1.807) is 6.92 Å². The van der Waals surface area contributed by atoms with Crippen molar-refractivity contribution in [1.29, 1.82) is 0 Å². The molecule has 0 amide bonds. The van der Waals surface area contributed by atoms with Gasteiger partial charge >= 0.3 is 0 Å². The molecule has 0 fully saturated rings. The third-order valence-electron chi connectivity index (χ3n) is 2.95. The summed E-state index contributed by atoms with van der Waals surface area (Å²) in [5.41, 5.74) is 2.14. The van der Waals surface area contributed by atoms with Gasteiger partial charge in [-0.15, -0.1) is 0 Å². The highest BCUT2D eigenvalue weighted by Crippen LogP contribution is 2.29. The van der Waals surface area contributed by atoms with Crippen molar-refractivity contribution in [3.05, 3.63) is 28.2 Å². The molecule has 1 rings (SSSR count). The predicted octanol–water partition coefficient (Wildman–Crippen LogP) is 4.37. The Labute approximate surface area is 119 Å². The number of aliphatic hydroxyl groups is 1.